The van der Waals surface area contributed by atoms with Gasteiger partial charge in [-0.05, 0) is 48.4 Å². The molecule has 33 heavy (non-hydrogen) atoms. The number of aryl methyl sites for hydroxylation is 1. The first-order valence-corrected chi connectivity index (χ1v) is 10.2. The predicted molar refractivity (Wildman–Crippen MR) is 125 cm³/mol. The molecule has 0 atom stereocenters. The molecule has 0 radical (unpaired) electrons. The minimum absolute atomic E-state index is 0.0287. The molecule has 9 nitrogen and oxygen atoms in total. The summed E-state index contributed by atoms with van der Waals surface area (Å²) in [5, 5.41) is 10.8. The third-order valence-corrected chi connectivity index (χ3v) is 5.44. The summed E-state index contributed by atoms with van der Waals surface area (Å²) in [6.07, 6.45) is 3.52. The van der Waals surface area contributed by atoms with E-state index in [9.17, 15) is 14.7 Å². The summed E-state index contributed by atoms with van der Waals surface area (Å²) in [5.41, 5.74) is 1.57. The molecule has 0 spiro atoms. The average molecular weight is 449 g/mol. The van der Waals surface area contributed by atoms with Crippen LogP contribution in [0.5, 0.6) is 23.1 Å². The van der Waals surface area contributed by atoms with E-state index in [4.69, 9.17) is 14.2 Å². The molecule has 1 aromatic heterocycles. The first-order chi connectivity index (χ1) is 15.9. The van der Waals surface area contributed by atoms with Gasteiger partial charge in [0.05, 0.1) is 27.0 Å². The molecule has 1 aliphatic heterocycles. The van der Waals surface area contributed by atoms with Crippen LogP contribution in [0.4, 0.5) is 5.69 Å². The second kappa shape index (κ2) is 9.07. The third-order valence-electron chi connectivity index (χ3n) is 5.44. The molecule has 3 aromatic rings. The molecule has 0 aliphatic carbocycles. The van der Waals surface area contributed by atoms with Crippen molar-refractivity contribution in [2.24, 2.45) is 4.99 Å². The van der Waals surface area contributed by atoms with E-state index in [1.165, 1.54) is 6.08 Å². The third kappa shape index (κ3) is 4.25. The predicted octanol–water partition coefficient (Wildman–Crippen LogP) is 2.77. The second-order valence-corrected chi connectivity index (χ2v) is 7.33. The van der Waals surface area contributed by atoms with Crippen molar-refractivity contribution in [3.8, 4) is 23.1 Å². The Morgan fingerprint density at radius 2 is 1.82 bits per heavy atom. The van der Waals surface area contributed by atoms with Gasteiger partial charge in [-0.25, -0.2) is 4.79 Å². The SMILES string of the molecule is COc1ccc2c(c1)/C(=C/c1c(O)n(CCc3ccc(OC)c(OC)c3)c(=O)[nH]c1=O)C=N2. The van der Waals surface area contributed by atoms with Crippen molar-refractivity contribution >= 4 is 23.6 Å². The molecular formula is C24H23N3O6. The number of fused-ring (bicyclic) bond motifs is 1. The van der Waals surface area contributed by atoms with Gasteiger partial charge in [0.1, 0.15) is 11.3 Å². The van der Waals surface area contributed by atoms with Gasteiger partial charge in [0.15, 0.2) is 11.5 Å². The van der Waals surface area contributed by atoms with Crippen molar-refractivity contribution in [2.75, 3.05) is 21.3 Å². The molecule has 2 aromatic carbocycles. The monoisotopic (exact) mass is 449 g/mol. The number of nitrogens with one attached hydrogen (secondary N) is 1. The van der Waals surface area contributed by atoms with Crippen LogP contribution in [0.3, 0.4) is 0 Å². The zero-order chi connectivity index (χ0) is 23.5. The zero-order valence-electron chi connectivity index (χ0n) is 18.4. The van der Waals surface area contributed by atoms with Crippen LogP contribution >= 0.6 is 0 Å². The lowest BCUT2D eigenvalue weighted by atomic mass is 10.0. The van der Waals surface area contributed by atoms with Crippen molar-refractivity contribution < 1.29 is 19.3 Å². The second-order valence-electron chi connectivity index (χ2n) is 7.33. The maximum absolute atomic E-state index is 12.5. The van der Waals surface area contributed by atoms with Crippen LogP contribution in [0.2, 0.25) is 0 Å². The first kappa shape index (κ1) is 21.9. The number of aromatic nitrogens is 2. The lowest BCUT2D eigenvalue weighted by Gasteiger charge is -2.12. The molecule has 170 valence electrons. The van der Waals surface area contributed by atoms with Crippen molar-refractivity contribution in [3.05, 3.63) is 73.9 Å². The Morgan fingerprint density at radius 3 is 2.55 bits per heavy atom. The lowest BCUT2D eigenvalue weighted by molar-refractivity contribution is 0.354. The van der Waals surface area contributed by atoms with Crippen LogP contribution in [0.15, 0.2) is 51.0 Å². The van der Waals surface area contributed by atoms with Gasteiger partial charge in [0.25, 0.3) is 5.56 Å². The molecule has 0 saturated carbocycles. The van der Waals surface area contributed by atoms with Gasteiger partial charge in [-0.1, -0.05) is 6.07 Å². The maximum Gasteiger partial charge on any atom is 0.331 e. The number of aliphatic imine (C=N–C) groups is 1. The quantitative estimate of drug-likeness (QED) is 0.573. The topological polar surface area (TPSA) is 115 Å². The first-order valence-electron chi connectivity index (χ1n) is 10.2. The number of allylic oxidation sites excluding steroid dienone is 1. The number of rotatable bonds is 7. The van der Waals surface area contributed by atoms with Crippen LogP contribution in [0.1, 0.15) is 16.7 Å². The maximum atomic E-state index is 12.5. The smallest absolute Gasteiger partial charge is 0.331 e. The summed E-state index contributed by atoms with van der Waals surface area (Å²) in [5.74, 6) is 1.38. The number of benzene rings is 2. The minimum Gasteiger partial charge on any atom is -0.497 e. The molecule has 0 unspecified atom stereocenters. The number of aromatic hydroxyl groups is 1. The summed E-state index contributed by atoms with van der Waals surface area (Å²) in [7, 11) is 4.65. The van der Waals surface area contributed by atoms with E-state index in [1.54, 1.807) is 57.9 Å². The van der Waals surface area contributed by atoms with Crippen LogP contribution in [0, 0.1) is 0 Å². The van der Waals surface area contributed by atoms with E-state index >= 15 is 0 Å². The Bertz CT molecular complexity index is 1380. The number of hydrogen-bond acceptors (Lipinski definition) is 7. The van der Waals surface area contributed by atoms with E-state index in [0.29, 0.717) is 29.2 Å². The van der Waals surface area contributed by atoms with Crippen molar-refractivity contribution in [1.29, 1.82) is 0 Å². The number of H-pyrrole nitrogens is 1. The minimum atomic E-state index is -0.692. The van der Waals surface area contributed by atoms with Gasteiger partial charge < -0.3 is 19.3 Å². The standard InChI is InChI=1S/C24H23N3O6/c1-31-16-5-6-19-17(12-16)15(13-25-19)11-18-22(28)26-24(30)27(23(18)29)9-8-14-4-7-20(32-2)21(10-14)33-3/h4-7,10-13,29H,8-9H2,1-3H3,(H,26,28,30)/b15-11+. The highest BCUT2D eigenvalue weighted by molar-refractivity contribution is 6.21. The average Bonchev–Trinajstić information content (AvgIpc) is 3.23. The molecular weight excluding hydrogens is 426 g/mol. The molecule has 0 fully saturated rings. The van der Waals surface area contributed by atoms with Gasteiger partial charge in [-0.2, -0.15) is 0 Å². The van der Waals surface area contributed by atoms with E-state index in [0.717, 1.165) is 21.4 Å². The molecule has 9 heteroatoms. The molecule has 2 N–H and O–H groups in total. The molecule has 0 bridgehead atoms. The lowest BCUT2D eigenvalue weighted by Crippen LogP contribution is -2.32. The highest BCUT2D eigenvalue weighted by Gasteiger charge is 2.18. The Labute approximate surface area is 189 Å². The van der Waals surface area contributed by atoms with Crippen LogP contribution < -0.4 is 25.5 Å². The van der Waals surface area contributed by atoms with Crippen molar-refractivity contribution in [1.82, 2.24) is 9.55 Å². The highest BCUT2D eigenvalue weighted by Crippen LogP contribution is 2.35. The fourth-order valence-corrected chi connectivity index (χ4v) is 3.65. The summed E-state index contributed by atoms with van der Waals surface area (Å²) in [6, 6.07) is 10.8. The van der Waals surface area contributed by atoms with Gasteiger partial charge >= 0.3 is 5.69 Å². The molecule has 1 aliphatic rings. The van der Waals surface area contributed by atoms with E-state index in [1.807, 2.05) is 6.07 Å². The molecule has 0 amide bonds. The van der Waals surface area contributed by atoms with Gasteiger partial charge in [0.2, 0.25) is 5.88 Å². The van der Waals surface area contributed by atoms with Crippen LogP contribution in [-0.4, -0.2) is 42.2 Å². The highest BCUT2D eigenvalue weighted by atomic mass is 16.5. The fraction of sp³-hybridized carbons (Fsp3) is 0.208. The fourth-order valence-electron chi connectivity index (χ4n) is 3.65. The molecule has 0 saturated heterocycles. The number of aromatic amines is 1. The van der Waals surface area contributed by atoms with Crippen LogP contribution in [-0.2, 0) is 13.0 Å². The molecule has 2 heterocycles. The van der Waals surface area contributed by atoms with Crippen molar-refractivity contribution in [3.63, 3.8) is 0 Å². The molecule has 4 rings (SSSR count). The van der Waals surface area contributed by atoms with Gasteiger partial charge in [0, 0.05) is 23.9 Å². The van der Waals surface area contributed by atoms with E-state index < -0.39 is 17.1 Å². The number of nitrogens with zero attached hydrogens (tertiary/aromatic N) is 2. The van der Waals surface area contributed by atoms with Gasteiger partial charge in [-0.15, -0.1) is 0 Å². The van der Waals surface area contributed by atoms with Gasteiger partial charge in [-0.3, -0.25) is 19.3 Å². The van der Waals surface area contributed by atoms with Crippen molar-refractivity contribution in [2.45, 2.75) is 13.0 Å². The zero-order valence-corrected chi connectivity index (χ0v) is 18.4. The summed E-state index contributed by atoms with van der Waals surface area (Å²) in [6.45, 7) is 0.144. The number of hydrogen-bond donors (Lipinski definition) is 2. The summed E-state index contributed by atoms with van der Waals surface area (Å²) < 4.78 is 16.9. The Morgan fingerprint density at radius 1 is 1.03 bits per heavy atom. The Balaban J connectivity index is 1.67. The summed E-state index contributed by atoms with van der Waals surface area (Å²) in [4.78, 5) is 31.5. The van der Waals surface area contributed by atoms with Crippen LogP contribution in [0.25, 0.3) is 11.6 Å². The summed E-state index contributed by atoms with van der Waals surface area (Å²) >= 11 is 0. The Hall–Kier alpha value is -4.27. The largest absolute Gasteiger partial charge is 0.497 e. The van der Waals surface area contributed by atoms with E-state index in [-0.39, 0.29) is 12.1 Å². The van der Waals surface area contributed by atoms with E-state index in [2.05, 4.69) is 9.98 Å². The normalized spacial score (nSPS) is 13.2. The number of methoxy groups -OCH3 is 3. The number of ether oxygens (including phenoxy) is 3. The Kier molecular flexibility index (Phi) is 6.03.